The van der Waals surface area contributed by atoms with Crippen molar-refractivity contribution in [1.29, 1.82) is 0 Å². The highest BCUT2D eigenvalue weighted by Crippen LogP contribution is 2.51. The number of benzene rings is 8. The monoisotopic (exact) mass is 756 g/mol. The molecule has 0 N–H and O–H groups in total. The molecule has 0 bridgehead atoms. The third-order valence-corrected chi connectivity index (χ3v) is 12.4. The summed E-state index contributed by atoms with van der Waals surface area (Å²) in [5.41, 5.74) is 15.3. The zero-order valence-corrected chi connectivity index (χ0v) is 33.0. The van der Waals surface area contributed by atoms with Crippen molar-refractivity contribution in [3.63, 3.8) is 0 Å². The van der Waals surface area contributed by atoms with E-state index in [1.165, 1.54) is 22.3 Å². The Bertz CT molecular complexity index is 3380. The SMILES string of the molecule is C=C/C=C(\C=C)c1ccc(N(c2ccc(-c3nc4c5ccccc5c5oc6ccccc6c5c4c4ccccc34)cc2)c2ccc3c(c2)C(C)(C)c2ccccc2-3)cc1. The zero-order chi connectivity index (χ0) is 39.8. The van der Waals surface area contributed by atoms with Crippen molar-refractivity contribution >= 4 is 77.0 Å². The highest BCUT2D eigenvalue weighted by Gasteiger charge is 2.35. The average molecular weight is 757 g/mol. The van der Waals surface area contributed by atoms with E-state index in [0.717, 1.165) is 93.8 Å². The standard InChI is InChI=1S/C56H40N2O/c1-5-15-35(6-2)36-24-28-38(29-25-36)58(40-32-33-42-41-16-11-13-22-48(41)56(3,4)49(42)34-40)39-30-26-37(27-31-39)53-44-18-8-7-17-43(44)51-52-47-21-12-14-23-50(47)59-55(52)46-20-10-9-19-45(46)54(51)57-53/h5-34H,1-2H2,3-4H3/b35-15+. The first-order chi connectivity index (χ1) is 28.9. The third-order valence-electron chi connectivity index (χ3n) is 12.4. The summed E-state index contributed by atoms with van der Waals surface area (Å²) in [6.45, 7) is 12.6. The Balaban J connectivity index is 1.09. The lowest BCUT2D eigenvalue weighted by Crippen LogP contribution is -2.16. The van der Waals surface area contributed by atoms with Crippen molar-refractivity contribution in [2.75, 3.05) is 4.90 Å². The number of hydrogen-bond acceptors (Lipinski definition) is 3. The minimum absolute atomic E-state index is 0.128. The molecular weight excluding hydrogens is 717 g/mol. The van der Waals surface area contributed by atoms with Gasteiger partial charge in [-0.15, -0.1) is 0 Å². The fraction of sp³-hybridized carbons (Fsp3) is 0.0536. The fourth-order valence-corrected chi connectivity index (χ4v) is 9.56. The number of nitrogens with zero attached hydrogens (tertiary/aromatic N) is 2. The molecule has 10 aromatic rings. The molecule has 280 valence electrons. The van der Waals surface area contributed by atoms with Gasteiger partial charge in [-0.3, -0.25) is 0 Å². The van der Waals surface area contributed by atoms with Crippen LogP contribution >= 0.6 is 0 Å². The molecule has 0 saturated heterocycles. The second kappa shape index (κ2) is 13.3. The first kappa shape index (κ1) is 34.7. The summed E-state index contributed by atoms with van der Waals surface area (Å²) in [5, 5.41) is 7.75. The van der Waals surface area contributed by atoms with Crippen LogP contribution in [0.2, 0.25) is 0 Å². The third kappa shape index (κ3) is 5.25. The molecule has 59 heavy (non-hydrogen) atoms. The van der Waals surface area contributed by atoms with E-state index in [1.807, 2.05) is 18.2 Å². The minimum atomic E-state index is -0.128. The van der Waals surface area contributed by atoms with Crippen molar-refractivity contribution in [3.8, 4) is 22.4 Å². The van der Waals surface area contributed by atoms with Crippen LogP contribution in [0.3, 0.4) is 0 Å². The summed E-state index contributed by atoms with van der Waals surface area (Å²) < 4.78 is 6.59. The van der Waals surface area contributed by atoms with Gasteiger partial charge < -0.3 is 9.32 Å². The van der Waals surface area contributed by atoms with Crippen LogP contribution in [0, 0.1) is 0 Å². The second-order valence-electron chi connectivity index (χ2n) is 16.0. The van der Waals surface area contributed by atoms with Gasteiger partial charge in [-0.05, 0) is 81.2 Å². The molecule has 1 aliphatic carbocycles. The molecule has 11 rings (SSSR count). The molecule has 2 heterocycles. The first-order valence-electron chi connectivity index (χ1n) is 20.2. The van der Waals surface area contributed by atoms with Crippen molar-refractivity contribution in [3.05, 3.63) is 212 Å². The van der Waals surface area contributed by atoms with Crippen molar-refractivity contribution in [1.82, 2.24) is 4.98 Å². The van der Waals surface area contributed by atoms with Gasteiger partial charge >= 0.3 is 0 Å². The van der Waals surface area contributed by atoms with Gasteiger partial charge in [-0.2, -0.15) is 0 Å². The number of furan rings is 1. The van der Waals surface area contributed by atoms with Gasteiger partial charge in [0.25, 0.3) is 0 Å². The summed E-state index contributed by atoms with van der Waals surface area (Å²) in [7, 11) is 0. The van der Waals surface area contributed by atoms with Crippen molar-refractivity contribution < 1.29 is 4.42 Å². The predicted octanol–water partition coefficient (Wildman–Crippen LogP) is 15.6. The van der Waals surface area contributed by atoms with Gasteiger partial charge in [0.2, 0.25) is 0 Å². The highest BCUT2D eigenvalue weighted by molar-refractivity contribution is 6.35. The van der Waals surface area contributed by atoms with E-state index >= 15 is 0 Å². The molecule has 0 atom stereocenters. The molecule has 3 nitrogen and oxygen atoms in total. The van der Waals surface area contributed by atoms with Gasteiger partial charge in [-0.1, -0.05) is 167 Å². The topological polar surface area (TPSA) is 29.3 Å². The normalized spacial score (nSPS) is 13.3. The second-order valence-corrected chi connectivity index (χ2v) is 16.0. The Morgan fingerprint density at radius 3 is 1.93 bits per heavy atom. The molecular formula is C56H40N2O. The fourth-order valence-electron chi connectivity index (χ4n) is 9.56. The lowest BCUT2D eigenvalue weighted by molar-refractivity contribution is 0.660. The maximum atomic E-state index is 6.59. The molecule has 8 aromatic carbocycles. The van der Waals surface area contributed by atoms with Crippen LogP contribution in [0.25, 0.3) is 82.3 Å². The Morgan fingerprint density at radius 2 is 1.19 bits per heavy atom. The van der Waals surface area contributed by atoms with E-state index in [-0.39, 0.29) is 5.41 Å². The molecule has 0 spiro atoms. The average Bonchev–Trinajstić information content (AvgIpc) is 3.78. The number of hydrogen-bond donors (Lipinski definition) is 0. The zero-order valence-electron chi connectivity index (χ0n) is 33.0. The maximum absolute atomic E-state index is 6.59. The Hall–Kier alpha value is -7.49. The van der Waals surface area contributed by atoms with Crippen molar-refractivity contribution in [2.45, 2.75) is 19.3 Å². The Labute approximate surface area is 343 Å². The Kier molecular flexibility index (Phi) is 7.83. The Morgan fingerprint density at radius 1 is 0.576 bits per heavy atom. The molecule has 0 unspecified atom stereocenters. The van der Waals surface area contributed by atoms with E-state index in [9.17, 15) is 0 Å². The van der Waals surface area contributed by atoms with E-state index in [1.54, 1.807) is 6.08 Å². The lowest BCUT2D eigenvalue weighted by atomic mass is 9.82. The van der Waals surface area contributed by atoms with Gasteiger partial charge in [0, 0.05) is 60.4 Å². The van der Waals surface area contributed by atoms with Crippen LogP contribution in [0.5, 0.6) is 0 Å². The summed E-state index contributed by atoms with van der Waals surface area (Å²) in [6, 6.07) is 58.9. The molecule has 0 aliphatic heterocycles. The summed E-state index contributed by atoms with van der Waals surface area (Å²) >= 11 is 0. The van der Waals surface area contributed by atoms with Crippen LogP contribution < -0.4 is 4.90 Å². The maximum Gasteiger partial charge on any atom is 0.144 e. The van der Waals surface area contributed by atoms with Gasteiger partial charge in [-0.25, -0.2) is 4.98 Å². The molecule has 0 radical (unpaired) electrons. The number of fused-ring (bicyclic) bond motifs is 13. The molecule has 0 saturated carbocycles. The molecule has 2 aromatic heterocycles. The van der Waals surface area contributed by atoms with Crippen LogP contribution in [0.1, 0.15) is 30.5 Å². The van der Waals surface area contributed by atoms with Gasteiger partial charge in [0.05, 0.1) is 11.2 Å². The molecule has 0 amide bonds. The smallest absolute Gasteiger partial charge is 0.144 e. The molecule has 0 fully saturated rings. The van der Waals surface area contributed by atoms with E-state index in [4.69, 9.17) is 9.40 Å². The largest absolute Gasteiger partial charge is 0.455 e. The predicted molar refractivity (Wildman–Crippen MR) is 250 cm³/mol. The number of allylic oxidation sites excluding steroid dienone is 4. The highest BCUT2D eigenvalue weighted by atomic mass is 16.3. The molecule has 1 aliphatic rings. The van der Waals surface area contributed by atoms with E-state index in [0.29, 0.717) is 0 Å². The van der Waals surface area contributed by atoms with Crippen molar-refractivity contribution in [2.24, 2.45) is 0 Å². The van der Waals surface area contributed by atoms with E-state index in [2.05, 4.69) is 190 Å². The summed E-state index contributed by atoms with van der Waals surface area (Å²) in [6.07, 6.45) is 5.67. The quantitative estimate of drug-likeness (QED) is 0.120. The number of pyridine rings is 1. The van der Waals surface area contributed by atoms with Crippen LogP contribution in [-0.2, 0) is 5.41 Å². The number of rotatable bonds is 7. The summed E-state index contributed by atoms with van der Waals surface area (Å²) in [5.74, 6) is 0. The van der Waals surface area contributed by atoms with E-state index < -0.39 is 0 Å². The lowest BCUT2D eigenvalue weighted by Gasteiger charge is -2.28. The van der Waals surface area contributed by atoms with Crippen LogP contribution in [0.15, 0.2) is 200 Å². The molecule has 3 heteroatoms. The first-order valence-corrected chi connectivity index (χ1v) is 20.2. The summed E-state index contributed by atoms with van der Waals surface area (Å²) in [4.78, 5) is 7.94. The van der Waals surface area contributed by atoms with Crippen LogP contribution in [-0.4, -0.2) is 4.98 Å². The van der Waals surface area contributed by atoms with Gasteiger partial charge in [0.1, 0.15) is 11.2 Å². The number of anilines is 3. The number of para-hydroxylation sites is 1. The van der Waals surface area contributed by atoms with Crippen LogP contribution in [0.4, 0.5) is 17.1 Å². The minimum Gasteiger partial charge on any atom is -0.455 e. The number of aromatic nitrogens is 1. The van der Waals surface area contributed by atoms with Gasteiger partial charge in [0.15, 0.2) is 0 Å².